The van der Waals surface area contributed by atoms with Gasteiger partial charge in [0.15, 0.2) is 0 Å². The van der Waals surface area contributed by atoms with Gasteiger partial charge in [-0.3, -0.25) is 4.79 Å². The van der Waals surface area contributed by atoms with E-state index in [0.717, 1.165) is 9.75 Å². The molecule has 6 heteroatoms. The molecule has 0 radical (unpaired) electrons. The average molecular weight is 287 g/mol. The predicted octanol–water partition coefficient (Wildman–Crippen LogP) is 1.25. The number of aliphatic carboxylic acids is 1. The molecule has 1 atom stereocenters. The Morgan fingerprint density at radius 3 is 2.79 bits per heavy atom. The number of carbonyl (C=O) groups is 1. The highest BCUT2D eigenvalue weighted by Crippen LogP contribution is 2.17. The van der Waals surface area contributed by atoms with E-state index in [1.807, 2.05) is 12.1 Å². The normalized spacial score (nSPS) is 14.3. The van der Waals surface area contributed by atoms with Gasteiger partial charge in [0.25, 0.3) is 0 Å². The summed E-state index contributed by atoms with van der Waals surface area (Å²) >= 11 is 1.48. The number of thiophene rings is 1. The Labute approximate surface area is 117 Å². The molecule has 5 nitrogen and oxygen atoms in total. The third-order valence-electron chi connectivity index (χ3n) is 2.69. The molecule has 0 saturated carbocycles. The van der Waals surface area contributed by atoms with Crippen molar-refractivity contribution in [1.82, 2.24) is 5.32 Å². The van der Waals surface area contributed by atoms with Crippen molar-refractivity contribution in [2.45, 2.75) is 31.9 Å². The van der Waals surface area contributed by atoms with Gasteiger partial charge in [0.2, 0.25) is 0 Å². The van der Waals surface area contributed by atoms with Gasteiger partial charge in [0.05, 0.1) is 12.0 Å². The molecule has 1 unspecified atom stereocenters. The van der Waals surface area contributed by atoms with Crippen LogP contribution in [0.2, 0.25) is 0 Å². The molecule has 0 fully saturated rings. The molecule has 0 aliphatic heterocycles. The number of hydrogen-bond donors (Lipinski definition) is 3. The van der Waals surface area contributed by atoms with Crippen molar-refractivity contribution in [3.05, 3.63) is 21.9 Å². The number of methoxy groups -OCH3 is 1. The quantitative estimate of drug-likeness (QED) is 0.637. The number of hydrogen-bond acceptors (Lipinski definition) is 5. The van der Waals surface area contributed by atoms with E-state index in [-0.39, 0.29) is 6.42 Å². The van der Waals surface area contributed by atoms with Crippen LogP contribution in [0.1, 0.15) is 23.1 Å². The van der Waals surface area contributed by atoms with Crippen molar-refractivity contribution >= 4 is 17.3 Å². The lowest BCUT2D eigenvalue weighted by molar-refractivity contribution is -0.136. The second kappa shape index (κ2) is 7.59. The third-order valence-corrected chi connectivity index (χ3v) is 3.78. The van der Waals surface area contributed by atoms with Crippen LogP contribution in [0.4, 0.5) is 0 Å². The van der Waals surface area contributed by atoms with Gasteiger partial charge in [-0.15, -0.1) is 11.3 Å². The van der Waals surface area contributed by atoms with E-state index in [4.69, 9.17) is 9.84 Å². The molecule has 108 valence electrons. The molecule has 0 aliphatic rings. The van der Waals surface area contributed by atoms with Crippen LogP contribution in [0.25, 0.3) is 0 Å². The van der Waals surface area contributed by atoms with Gasteiger partial charge in [0.1, 0.15) is 0 Å². The third kappa shape index (κ3) is 6.68. The summed E-state index contributed by atoms with van der Waals surface area (Å²) in [4.78, 5) is 12.5. The van der Waals surface area contributed by atoms with Crippen LogP contribution in [-0.2, 0) is 22.5 Å². The molecule has 0 aromatic carbocycles. The highest BCUT2D eigenvalue weighted by atomic mass is 32.1. The molecular weight excluding hydrogens is 266 g/mol. The minimum absolute atomic E-state index is 0.0657. The Bertz CT molecular complexity index is 403. The zero-order chi connectivity index (χ0) is 14.3. The van der Waals surface area contributed by atoms with Crippen molar-refractivity contribution in [1.29, 1.82) is 0 Å². The maximum Gasteiger partial charge on any atom is 0.308 e. The lowest BCUT2D eigenvalue weighted by atomic mass is 10.0. The summed E-state index contributed by atoms with van der Waals surface area (Å²) in [5.74, 6) is -0.816. The lowest BCUT2D eigenvalue weighted by Gasteiger charge is -2.23. The largest absolute Gasteiger partial charge is 0.481 e. The number of carboxylic acids is 1. The molecule has 19 heavy (non-hydrogen) atoms. The highest BCUT2D eigenvalue weighted by Gasteiger charge is 2.19. The predicted molar refractivity (Wildman–Crippen MR) is 74.5 cm³/mol. The summed E-state index contributed by atoms with van der Waals surface area (Å²) in [5, 5.41) is 21.9. The standard InChI is InChI=1S/C13H21NO4S/c1-13(17,5-6-18-2)9-14-8-11-4-3-10(19-11)7-12(15)16/h3-4,14,17H,5-9H2,1-2H3,(H,15,16). The Kier molecular flexibility index (Phi) is 6.44. The van der Waals surface area contributed by atoms with Crippen LogP contribution in [0.3, 0.4) is 0 Å². The van der Waals surface area contributed by atoms with E-state index in [2.05, 4.69) is 5.32 Å². The van der Waals surface area contributed by atoms with Crippen molar-refractivity contribution in [2.75, 3.05) is 20.3 Å². The summed E-state index contributed by atoms with van der Waals surface area (Å²) < 4.78 is 4.94. The van der Waals surface area contributed by atoms with E-state index < -0.39 is 11.6 Å². The van der Waals surface area contributed by atoms with Gasteiger partial charge >= 0.3 is 5.97 Å². The van der Waals surface area contributed by atoms with E-state index in [1.54, 1.807) is 14.0 Å². The van der Waals surface area contributed by atoms with Gasteiger partial charge in [-0.05, 0) is 19.1 Å². The smallest absolute Gasteiger partial charge is 0.308 e. The lowest BCUT2D eigenvalue weighted by Crippen LogP contribution is -2.38. The van der Waals surface area contributed by atoms with Crippen LogP contribution in [-0.4, -0.2) is 42.0 Å². The molecule has 0 spiro atoms. The Morgan fingerprint density at radius 2 is 2.16 bits per heavy atom. The highest BCUT2D eigenvalue weighted by molar-refractivity contribution is 7.12. The maximum atomic E-state index is 10.6. The number of carboxylic acid groups (broad SMARTS) is 1. The Hall–Kier alpha value is -0.950. The zero-order valence-electron chi connectivity index (χ0n) is 11.3. The average Bonchev–Trinajstić information content (AvgIpc) is 2.73. The van der Waals surface area contributed by atoms with Gasteiger partial charge < -0.3 is 20.3 Å². The fourth-order valence-electron chi connectivity index (χ4n) is 1.63. The van der Waals surface area contributed by atoms with Crippen molar-refractivity contribution in [3.63, 3.8) is 0 Å². The molecule has 1 rings (SSSR count). The van der Waals surface area contributed by atoms with Crippen LogP contribution >= 0.6 is 11.3 Å². The fourth-order valence-corrected chi connectivity index (χ4v) is 2.61. The molecule has 0 amide bonds. The Balaban J connectivity index is 2.32. The second-order valence-electron chi connectivity index (χ2n) is 4.78. The fraction of sp³-hybridized carbons (Fsp3) is 0.615. The molecule has 0 bridgehead atoms. The molecule has 1 aromatic heterocycles. The van der Waals surface area contributed by atoms with Crippen LogP contribution in [0.15, 0.2) is 12.1 Å². The van der Waals surface area contributed by atoms with Crippen LogP contribution < -0.4 is 5.32 Å². The first-order chi connectivity index (χ1) is 8.93. The first-order valence-electron chi connectivity index (χ1n) is 6.14. The number of nitrogens with one attached hydrogen (secondary N) is 1. The summed E-state index contributed by atoms with van der Waals surface area (Å²) in [6, 6.07) is 3.75. The van der Waals surface area contributed by atoms with Crippen molar-refractivity contribution < 1.29 is 19.7 Å². The first kappa shape index (κ1) is 16.1. The van der Waals surface area contributed by atoms with Crippen molar-refractivity contribution in [2.24, 2.45) is 0 Å². The number of aliphatic hydroxyl groups is 1. The first-order valence-corrected chi connectivity index (χ1v) is 6.96. The Morgan fingerprint density at radius 1 is 1.47 bits per heavy atom. The van der Waals surface area contributed by atoms with Crippen LogP contribution in [0, 0.1) is 0 Å². The van der Waals surface area contributed by atoms with E-state index in [1.165, 1.54) is 11.3 Å². The van der Waals surface area contributed by atoms with Gasteiger partial charge in [-0.25, -0.2) is 0 Å². The summed E-state index contributed by atoms with van der Waals surface area (Å²) in [6.45, 7) is 3.40. The molecule has 0 saturated heterocycles. The van der Waals surface area contributed by atoms with Gasteiger partial charge in [-0.1, -0.05) is 0 Å². The molecule has 1 heterocycles. The molecular formula is C13H21NO4S. The van der Waals surface area contributed by atoms with E-state index in [0.29, 0.717) is 26.1 Å². The maximum absolute atomic E-state index is 10.6. The minimum Gasteiger partial charge on any atom is -0.481 e. The molecule has 0 aliphatic carbocycles. The summed E-state index contributed by atoms with van der Waals surface area (Å²) in [7, 11) is 1.61. The van der Waals surface area contributed by atoms with E-state index >= 15 is 0 Å². The van der Waals surface area contributed by atoms with Crippen LogP contribution in [0.5, 0.6) is 0 Å². The van der Waals surface area contributed by atoms with Gasteiger partial charge in [-0.2, -0.15) is 0 Å². The minimum atomic E-state index is -0.816. The SMILES string of the molecule is COCCC(C)(O)CNCc1ccc(CC(=O)O)s1. The monoisotopic (exact) mass is 287 g/mol. The second-order valence-corrected chi connectivity index (χ2v) is 6.03. The topological polar surface area (TPSA) is 78.8 Å². The number of rotatable bonds is 9. The summed E-state index contributed by atoms with van der Waals surface area (Å²) in [5.41, 5.74) is -0.794. The molecule has 1 aromatic rings. The van der Waals surface area contributed by atoms with Crippen molar-refractivity contribution in [3.8, 4) is 0 Å². The van der Waals surface area contributed by atoms with E-state index in [9.17, 15) is 9.90 Å². The molecule has 3 N–H and O–H groups in total. The zero-order valence-corrected chi connectivity index (χ0v) is 12.1. The summed E-state index contributed by atoms with van der Waals surface area (Å²) in [6.07, 6.45) is 0.640. The van der Waals surface area contributed by atoms with Gasteiger partial charge in [0, 0.05) is 43.0 Å². The number of ether oxygens (including phenoxy) is 1.